The van der Waals surface area contributed by atoms with Crippen LogP contribution in [0.15, 0.2) is 47.7 Å². The summed E-state index contributed by atoms with van der Waals surface area (Å²) in [4.78, 5) is 33.6. The quantitative estimate of drug-likeness (QED) is 0.157. The molecule has 4 atom stereocenters. The number of rotatable bonds is 10. The molecule has 2 aromatic rings. The number of carbonyl (C=O) groups is 2. The molecule has 0 unspecified atom stereocenters. The lowest BCUT2D eigenvalue weighted by atomic mass is 9.66. The van der Waals surface area contributed by atoms with Crippen LogP contribution in [0.3, 0.4) is 0 Å². The van der Waals surface area contributed by atoms with Gasteiger partial charge in [0.25, 0.3) is 0 Å². The predicted octanol–water partition coefficient (Wildman–Crippen LogP) is 5.98. The summed E-state index contributed by atoms with van der Waals surface area (Å²) < 4.78 is 6.02. The first-order valence-electron chi connectivity index (χ1n) is 15.7. The summed E-state index contributed by atoms with van der Waals surface area (Å²) in [7, 11) is 1.51. The van der Waals surface area contributed by atoms with Crippen LogP contribution in [0, 0.1) is 27.2 Å². The van der Waals surface area contributed by atoms with E-state index in [0.29, 0.717) is 28.6 Å². The van der Waals surface area contributed by atoms with Gasteiger partial charge in [-0.15, -0.1) is 0 Å². The Hall–Kier alpha value is -2.76. The van der Waals surface area contributed by atoms with Gasteiger partial charge in [-0.25, -0.2) is 0 Å². The van der Waals surface area contributed by atoms with Crippen molar-refractivity contribution in [3.63, 3.8) is 0 Å². The molecule has 1 saturated heterocycles. The number of hydrogen-bond acceptors (Lipinski definition) is 7. The number of pyridine rings is 1. The Balaban J connectivity index is 1.45. The number of hydrogen-bond donors (Lipinski definition) is 3. The van der Waals surface area contributed by atoms with Gasteiger partial charge in [0.1, 0.15) is 0 Å². The molecule has 3 aliphatic rings. The number of imide groups is 1. The molecule has 3 N–H and O–H groups in total. The molecule has 0 bridgehead atoms. The zero-order valence-electron chi connectivity index (χ0n) is 25.7. The minimum Gasteiger partial charge on any atom is -0.504 e. The minimum atomic E-state index is -0.904. The number of benzene rings is 1. The van der Waals surface area contributed by atoms with Crippen molar-refractivity contribution in [1.29, 1.82) is 0 Å². The van der Waals surface area contributed by atoms with E-state index >= 15 is 0 Å². The van der Waals surface area contributed by atoms with Gasteiger partial charge in [-0.3, -0.25) is 19.5 Å². The number of fused-ring (bicyclic) bond motifs is 1. The number of ether oxygens (including phenoxy) is 1. The summed E-state index contributed by atoms with van der Waals surface area (Å²) in [5.41, 5.74) is 4.18. The van der Waals surface area contributed by atoms with Crippen LogP contribution in [0.4, 0.5) is 0 Å². The largest absolute Gasteiger partial charge is 0.504 e. The fourth-order valence-electron chi connectivity index (χ4n) is 7.48. The van der Waals surface area contributed by atoms with Gasteiger partial charge in [0, 0.05) is 18.2 Å². The number of halogens is 1. The Labute approximate surface area is 273 Å². The molecule has 1 aliphatic heterocycles. The second-order valence-electron chi connectivity index (χ2n) is 12.6. The fourth-order valence-corrected chi connectivity index (χ4v) is 8.10. The van der Waals surface area contributed by atoms with Crippen molar-refractivity contribution in [1.82, 2.24) is 9.88 Å². The summed E-state index contributed by atoms with van der Waals surface area (Å²) in [6, 6.07) is 9.25. The van der Waals surface area contributed by atoms with E-state index in [0.717, 1.165) is 60.1 Å². The highest BCUT2D eigenvalue weighted by atomic mass is 127. The van der Waals surface area contributed by atoms with E-state index in [9.17, 15) is 24.9 Å². The van der Waals surface area contributed by atoms with Crippen LogP contribution in [0.5, 0.6) is 11.5 Å². The minimum absolute atomic E-state index is 0.0543. The third-order valence-electron chi connectivity index (χ3n) is 9.64. The highest BCUT2D eigenvalue weighted by molar-refractivity contribution is 14.1. The molecule has 1 saturated carbocycles. The standard InChI is InChI=1S/C35H43IN2O6/c1-20(2)24-18-25-32(35(43)38(34(25)42)23-9-5-4-6-10-23)26(19-39)31(24)29(40)13-12-22(28-11-7-8-14-37-28)15-21-16-27(36)33(41)30(17-21)44-3/h7-8,11,14-17,20,23,25-26,29,32,39-41H,4-6,9-10,12-13,18-19H2,1-3H3/b22-15-/t25-,26+,29-,32-/m1/s1. The number of methoxy groups -OCH3 is 1. The Morgan fingerprint density at radius 2 is 1.91 bits per heavy atom. The maximum absolute atomic E-state index is 13.9. The van der Waals surface area contributed by atoms with Crippen molar-refractivity contribution in [3.8, 4) is 11.5 Å². The first-order chi connectivity index (χ1) is 21.2. The number of aliphatic hydroxyl groups is 2. The van der Waals surface area contributed by atoms with E-state index in [-0.39, 0.29) is 36.1 Å². The van der Waals surface area contributed by atoms with Crippen molar-refractivity contribution in [3.05, 3.63) is 62.5 Å². The predicted molar refractivity (Wildman–Crippen MR) is 177 cm³/mol. The molecule has 9 heteroatoms. The van der Waals surface area contributed by atoms with Gasteiger partial charge in [-0.1, -0.05) is 44.7 Å². The monoisotopic (exact) mass is 714 g/mol. The Kier molecular flexibility index (Phi) is 10.5. The van der Waals surface area contributed by atoms with Crippen LogP contribution >= 0.6 is 22.6 Å². The van der Waals surface area contributed by atoms with Gasteiger partial charge in [0.05, 0.1) is 40.9 Å². The second-order valence-corrected chi connectivity index (χ2v) is 13.8. The molecular formula is C35H43IN2O6. The van der Waals surface area contributed by atoms with Gasteiger partial charge < -0.3 is 20.1 Å². The van der Waals surface area contributed by atoms with Crippen LogP contribution in [0.25, 0.3) is 11.6 Å². The van der Waals surface area contributed by atoms with Crippen LogP contribution < -0.4 is 4.74 Å². The SMILES string of the molecule is COc1cc(/C=C(/CC[C@@H](O)C2=C(C(C)C)C[C@H]3C(=O)N(C4CCCCC4)C(=O)[C@H]3[C@H]2CO)c2ccccn2)cc(I)c1O. The number of phenolic OH excluding ortho intramolecular Hbond substituents is 1. The molecule has 2 fully saturated rings. The smallest absolute Gasteiger partial charge is 0.234 e. The number of aromatic nitrogens is 1. The summed E-state index contributed by atoms with van der Waals surface area (Å²) in [6.45, 7) is 3.81. The van der Waals surface area contributed by atoms with E-state index in [4.69, 9.17) is 4.74 Å². The maximum Gasteiger partial charge on any atom is 0.234 e. The second kappa shape index (κ2) is 14.1. The molecule has 2 heterocycles. The van der Waals surface area contributed by atoms with E-state index in [1.807, 2.05) is 30.3 Å². The van der Waals surface area contributed by atoms with Gasteiger partial charge >= 0.3 is 0 Å². The Morgan fingerprint density at radius 3 is 2.55 bits per heavy atom. The van der Waals surface area contributed by atoms with Crippen molar-refractivity contribution in [2.24, 2.45) is 23.7 Å². The maximum atomic E-state index is 13.9. The van der Waals surface area contributed by atoms with Gasteiger partial charge in [0.2, 0.25) is 11.8 Å². The van der Waals surface area contributed by atoms with E-state index in [2.05, 4.69) is 41.4 Å². The van der Waals surface area contributed by atoms with E-state index < -0.39 is 23.9 Å². The lowest BCUT2D eigenvalue weighted by Crippen LogP contribution is -2.42. The molecule has 1 aromatic heterocycles. The average Bonchev–Trinajstić information content (AvgIpc) is 3.29. The topological polar surface area (TPSA) is 120 Å². The normalized spacial score (nSPS) is 23.8. The van der Waals surface area contributed by atoms with Gasteiger partial charge in [-0.2, -0.15) is 0 Å². The van der Waals surface area contributed by atoms with Gasteiger partial charge in [0.15, 0.2) is 11.5 Å². The summed E-state index contributed by atoms with van der Waals surface area (Å²) in [5, 5.41) is 32.9. The average molecular weight is 715 g/mol. The van der Waals surface area contributed by atoms with E-state index in [1.165, 1.54) is 12.0 Å². The number of aliphatic hydroxyl groups excluding tert-OH is 2. The number of allylic oxidation sites excluding steroid dienone is 2. The first kappa shape index (κ1) is 32.6. The summed E-state index contributed by atoms with van der Waals surface area (Å²) >= 11 is 2.07. The zero-order valence-corrected chi connectivity index (χ0v) is 27.9. The number of phenols is 1. The fraction of sp³-hybridized carbons (Fsp3) is 0.514. The van der Waals surface area contributed by atoms with E-state index in [1.54, 1.807) is 12.3 Å². The highest BCUT2D eigenvalue weighted by Crippen LogP contribution is 2.49. The lowest BCUT2D eigenvalue weighted by Gasteiger charge is -2.38. The van der Waals surface area contributed by atoms with Crippen molar-refractivity contribution < 1.29 is 29.6 Å². The molecule has 2 amide bonds. The molecule has 0 radical (unpaired) electrons. The number of likely N-dealkylation sites (tertiary alicyclic amines) is 1. The molecule has 8 nitrogen and oxygen atoms in total. The Morgan fingerprint density at radius 1 is 1.16 bits per heavy atom. The molecule has 1 aromatic carbocycles. The molecule has 5 rings (SSSR count). The van der Waals surface area contributed by atoms with Crippen LogP contribution in [-0.2, 0) is 9.59 Å². The summed E-state index contributed by atoms with van der Waals surface area (Å²) in [5.74, 6) is -1.49. The zero-order chi connectivity index (χ0) is 31.5. The third kappa shape index (κ3) is 6.46. The lowest BCUT2D eigenvalue weighted by molar-refractivity contribution is -0.143. The van der Waals surface area contributed by atoms with Crippen molar-refractivity contribution in [2.75, 3.05) is 13.7 Å². The number of carbonyl (C=O) groups excluding carboxylic acids is 2. The molecule has 2 aliphatic carbocycles. The Bertz CT molecular complexity index is 1430. The van der Waals surface area contributed by atoms with Crippen LogP contribution in [-0.4, -0.2) is 62.9 Å². The highest BCUT2D eigenvalue weighted by Gasteiger charge is 2.56. The van der Waals surface area contributed by atoms with Crippen LogP contribution in [0.1, 0.15) is 76.5 Å². The number of aromatic hydroxyl groups is 1. The first-order valence-corrected chi connectivity index (χ1v) is 16.8. The molecule has 0 spiro atoms. The van der Waals surface area contributed by atoms with Crippen LogP contribution in [0.2, 0.25) is 0 Å². The summed E-state index contributed by atoms with van der Waals surface area (Å²) in [6.07, 6.45) is 8.91. The third-order valence-corrected chi connectivity index (χ3v) is 10.5. The van der Waals surface area contributed by atoms with Gasteiger partial charge in [-0.05, 0) is 108 Å². The molecule has 44 heavy (non-hydrogen) atoms. The number of amides is 2. The number of nitrogens with zero attached hydrogens (tertiary/aromatic N) is 2. The van der Waals surface area contributed by atoms with Crippen molar-refractivity contribution >= 4 is 46.1 Å². The molecular weight excluding hydrogens is 671 g/mol. The molecule has 236 valence electrons. The van der Waals surface area contributed by atoms with Crippen molar-refractivity contribution in [2.45, 2.75) is 77.4 Å².